The summed E-state index contributed by atoms with van der Waals surface area (Å²) in [6.07, 6.45) is -12.8. The lowest BCUT2D eigenvalue weighted by atomic mass is 9.94. The summed E-state index contributed by atoms with van der Waals surface area (Å²) in [7, 11) is 1.12. The molecule has 0 aliphatic carbocycles. The third-order valence-electron chi connectivity index (χ3n) is 9.20. The third-order valence-corrected chi connectivity index (χ3v) is 9.20. The van der Waals surface area contributed by atoms with Crippen molar-refractivity contribution >= 4 is 17.9 Å². The van der Waals surface area contributed by atoms with Gasteiger partial charge in [0.15, 0.2) is 24.8 Å². The highest BCUT2D eigenvalue weighted by molar-refractivity contribution is 5.77. The number of carbonyl (C=O) groups is 3. The van der Waals surface area contributed by atoms with E-state index in [4.69, 9.17) is 42.6 Å². The molecule has 2 aliphatic heterocycles. The summed E-state index contributed by atoms with van der Waals surface area (Å²) in [6, 6.07) is 26.3. The van der Waals surface area contributed by atoms with Crippen molar-refractivity contribution in [3.63, 3.8) is 0 Å². The second kappa shape index (κ2) is 20.5. The molecular formula is C41H49N3O13. The van der Waals surface area contributed by atoms with Crippen LogP contribution in [0.2, 0.25) is 0 Å². The maximum atomic E-state index is 13.4. The number of hydrogen-bond acceptors (Lipinski definition) is 14. The van der Waals surface area contributed by atoms with Gasteiger partial charge in [-0.3, -0.25) is 9.59 Å². The van der Waals surface area contributed by atoms with E-state index in [-0.39, 0.29) is 26.4 Å². The molecule has 0 radical (unpaired) electrons. The first-order chi connectivity index (χ1) is 27.4. The average molecular weight is 792 g/mol. The molecule has 3 aromatic carbocycles. The predicted molar refractivity (Wildman–Crippen MR) is 200 cm³/mol. The van der Waals surface area contributed by atoms with E-state index in [0.29, 0.717) is 5.56 Å². The molecule has 57 heavy (non-hydrogen) atoms. The van der Waals surface area contributed by atoms with E-state index in [2.05, 4.69) is 10.0 Å². The van der Waals surface area contributed by atoms with Gasteiger partial charge in [-0.25, -0.2) is 4.79 Å². The molecule has 2 aliphatic rings. The second-order valence-corrected chi connectivity index (χ2v) is 14.5. The topological polar surface area (TPSA) is 203 Å². The fraction of sp³-hybridized carbons (Fsp3) is 0.488. The number of nitrogens with zero attached hydrogens (tertiary/aromatic N) is 3. The number of esters is 3. The van der Waals surface area contributed by atoms with Crippen LogP contribution >= 0.6 is 0 Å². The highest BCUT2D eigenvalue weighted by Crippen LogP contribution is 2.36. The molecule has 16 nitrogen and oxygen atoms in total. The van der Waals surface area contributed by atoms with E-state index in [1.54, 1.807) is 45.0 Å². The zero-order valence-corrected chi connectivity index (χ0v) is 32.5. The minimum atomic E-state index is -1.87. The first kappa shape index (κ1) is 43.2. The van der Waals surface area contributed by atoms with Crippen LogP contribution in [-0.4, -0.2) is 98.1 Å². The predicted octanol–water partition coefficient (Wildman–Crippen LogP) is 4.94. The minimum absolute atomic E-state index is 0.0400. The van der Waals surface area contributed by atoms with Gasteiger partial charge in [-0.05, 0) is 43.0 Å². The van der Waals surface area contributed by atoms with Crippen LogP contribution in [-0.2, 0) is 76.8 Å². The van der Waals surface area contributed by atoms with Crippen molar-refractivity contribution in [1.29, 1.82) is 0 Å². The molecule has 5 rings (SSSR count). The van der Waals surface area contributed by atoms with E-state index in [0.717, 1.165) is 18.2 Å². The molecule has 0 saturated carbocycles. The van der Waals surface area contributed by atoms with E-state index in [9.17, 15) is 25.0 Å². The van der Waals surface area contributed by atoms with Crippen LogP contribution in [0, 0.1) is 5.41 Å². The Bertz CT molecular complexity index is 1790. The zero-order valence-electron chi connectivity index (χ0n) is 32.5. The Morgan fingerprint density at radius 1 is 0.754 bits per heavy atom. The molecule has 10 atom stereocenters. The summed E-state index contributed by atoms with van der Waals surface area (Å²) in [5, 5.41) is 15.3. The van der Waals surface area contributed by atoms with Gasteiger partial charge in [-0.1, -0.05) is 96.1 Å². The Morgan fingerprint density at radius 3 is 1.74 bits per heavy atom. The molecule has 0 aromatic heterocycles. The Hall–Kier alpha value is -4.90. The Kier molecular flexibility index (Phi) is 15.5. The van der Waals surface area contributed by atoms with E-state index < -0.39 is 84.7 Å². The van der Waals surface area contributed by atoms with Gasteiger partial charge in [-0.2, -0.15) is 0 Å². The van der Waals surface area contributed by atoms with Crippen LogP contribution in [0.1, 0.15) is 44.4 Å². The lowest BCUT2D eigenvalue weighted by Crippen LogP contribution is -2.66. The largest absolute Gasteiger partial charge is 0.467 e. The fourth-order valence-electron chi connectivity index (χ4n) is 6.26. The Morgan fingerprint density at radius 2 is 1.26 bits per heavy atom. The van der Waals surface area contributed by atoms with E-state index in [1.165, 1.54) is 6.92 Å². The van der Waals surface area contributed by atoms with Gasteiger partial charge >= 0.3 is 17.9 Å². The number of aliphatic hydroxyl groups is 1. The maximum Gasteiger partial charge on any atom is 0.337 e. The Balaban J connectivity index is 1.57. The van der Waals surface area contributed by atoms with Crippen LogP contribution in [0.3, 0.4) is 0 Å². The zero-order chi connectivity index (χ0) is 41.0. The molecule has 0 spiro atoms. The van der Waals surface area contributed by atoms with Crippen LogP contribution in [0.25, 0.3) is 10.4 Å². The average Bonchev–Trinajstić information content (AvgIpc) is 3.20. The monoisotopic (exact) mass is 791 g/mol. The van der Waals surface area contributed by atoms with Crippen molar-refractivity contribution in [2.45, 2.75) is 109 Å². The van der Waals surface area contributed by atoms with Gasteiger partial charge in [-0.15, -0.1) is 0 Å². The normalized spacial score (nSPS) is 27.4. The molecule has 1 unspecified atom stereocenters. The van der Waals surface area contributed by atoms with Gasteiger partial charge in [0.25, 0.3) is 0 Å². The first-order valence-corrected chi connectivity index (χ1v) is 18.5. The number of ether oxygens (including phenoxy) is 9. The van der Waals surface area contributed by atoms with Gasteiger partial charge in [0.05, 0.1) is 32.3 Å². The molecular weight excluding hydrogens is 742 g/mol. The molecule has 2 heterocycles. The number of aliphatic hydroxyl groups excluding tert-OH is 1. The van der Waals surface area contributed by atoms with Crippen LogP contribution in [0.5, 0.6) is 0 Å². The summed E-state index contributed by atoms with van der Waals surface area (Å²) in [5.41, 5.74) is 11.2. The molecule has 2 fully saturated rings. The number of benzene rings is 3. The number of hydrogen-bond donors (Lipinski definition) is 1. The lowest BCUT2D eigenvalue weighted by molar-refractivity contribution is -0.345. The SMILES string of the molecule is COC(=O)[C@@H]1OC(O)[C@H](OC(=O)C(C)(C)C)[C@@H](OCc2ccccc2)[C@@H]1O[C@H]1O[C@H](COC(C)=O)[C@@H](OCc2ccccc2)[C@H](OCc2ccccc2)[C@H]1N=[N+]=[N-]. The summed E-state index contributed by atoms with van der Waals surface area (Å²) in [4.78, 5) is 41.9. The molecule has 1 N–H and O–H groups in total. The Labute approximate surface area is 330 Å². The molecule has 2 saturated heterocycles. The number of azide groups is 1. The molecule has 16 heteroatoms. The van der Waals surface area contributed by atoms with Crippen LogP contribution in [0.4, 0.5) is 0 Å². The van der Waals surface area contributed by atoms with Crippen LogP contribution < -0.4 is 0 Å². The third kappa shape index (κ3) is 11.8. The highest BCUT2D eigenvalue weighted by atomic mass is 16.7. The van der Waals surface area contributed by atoms with Gasteiger partial charge in [0.1, 0.15) is 43.2 Å². The molecule has 0 bridgehead atoms. The van der Waals surface area contributed by atoms with Crippen molar-refractivity contribution in [2.75, 3.05) is 13.7 Å². The van der Waals surface area contributed by atoms with Gasteiger partial charge in [0, 0.05) is 11.8 Å². The quantitative estimate of drug-likeness (QED) is 0.0672. The maximum absolute atomic E-state index is 13.4. The first-order valence-electron chi connectivity index (χ1n) is 18.5. The molecule has 0 amide bonds. The summed E-state index contributed by atoms with van der Waals surface area (Å²) in [6.45, 7) is 5.85. The van der Waals surface area contributed by atoms with Gasteiger partial charge < -0.3 is 47.7 Å². The number of rotatable bonds is 16. The minimum Gasteiger partial charge on any atom is -0.467 e. The van der Waals surface area contributed by atoms with Crippen molar-refractivity contribution < 1.29 is 62.1 Å². The second-order valence-electron chi connectivity index (χ2n) is 14.5. The van der Waals surface area contributed by atoms with E-state index in [1.807, 2.05) is 66.7 Å². The molecule has 306 valence electrons. The van der Waals surface area contributed by atoms with Crippen molar-refractivity contribution in [2.24, 2.45) is 10.5 Å². The summed E-state index contributed by atoms with van der Waals surface area (Å²) < 4.78 is 54.4. The fourth-order valence-corrected chi connectivity index (χ4v) is 6.26. The van der Waals surface area contributed by atoms with E-state index >= 15 is 0 Å². The number of methoxy groups -OCH3 is 1. The smallest absolute Gasteiger partial charge is 0.337 e. The van der Waals surface area contributed by atoms with Crippen molar-refractivity contribution in [1.82, 2.24) is 0 Å². The standard InChI is InChI=1S/C41H49N3O13/c1-25(45)50-24-29-31(51-21-26-15-9-6-10-16-26)32(52-22-27-17-11-7-12-18-27)30(43-44-42)39(54-29)56-34-33(53-23-28-19-13-8-14-20-28)35(57-40(48)41(2,3)4)38(47)55-36(34)37(46)49-5/h6-20,29-36,38-39,47H,21-24H2,1-5H3/t29-,30-,31-,32-,33+,34+,35-,36-,38?,39-/m1/s1. The summed E-state index contributed by atoms with van der Waals surface area (Å²) >= 11 is 0. The summed E-state index contributed by atoms with van der Waals surface area (Å²) in [5.74, 6) is -2.26. The van der Waals surface area contributed by atoms with Crippen molar-refractivity contribution in [3.8, 4) is 0 Å². The lowest BCUT2D eigenvalue weighted by Gasteiger charge is -2.48. The van der Waals surface area contributed by atoms with Crippen LogP contribution in [0.15, 0.2) is 96.1 Å². The van der Waals surface area contributed by atoms with Crippen molar-refractivity contribution in [3.05, 3.63) is 118 Å². The highest BCUT2D eigenvalue weighted by Gasteiger charge is 2.56. The van der Waals surface area contributed by atoms with Gasteiger partial charge in [0.2, 0.25) is 0 Å². The molecule has 3 aromatic rings. The number of carbonyl (C=O) groups excluding carboxylic acids is 3.